The molecule has 0 atom stereocenters. The number of aryl methyl sites for hydroxylation is 1. The van der Waals surface area contributed by atoms with Crippen LogP contribution in [0.25, 0.3) is 10.2 Å². The largest absolute Gasteiger partial charge is 0.314 e. The second kappa shape index (κ2) is 7.18. The molecule has 0 N–H and O–H groups in total. The van der Waals surface area contributed by atoms with Crippen molar-refractivity contribution in [3.63, 3.8) is 0 Å². The second-order valence-electron chi connectivity index (χ2n) is 5.01. The summed E-state index contributed by atoms with van der Waals surface area (Å²) in [6.45, 7) is 6.55. The molecule has 0 aliphatic heterocycles. The number of halogens is 1. The molecule has 0 spiro atoms. The average Bonchev–Trinajstić information content (AvgIpc) is 2.79. The van der Waals surface area contributed by atoms with E-state index >= 15 is 0 Å². The minimum absolute atomic E-state index is 0.198. The molecule has 4 nitrogen and oxygen atoms in total. The second-order valence-corrected chi connectivity index (χ2v) is 6.67. The Hall–Kier alpha value is -1.20. The van der Waals surface area contributed by atoms with Crippen LogP contribution in [0.4, 0.5) is 0 Å². The highest BCUT2D eigenvalue weighted by molar-refractivity contribution is 7.22. The highest BCUT2D eigenvalue weighted by Crippen LogP contribution is 2.26. The van der Waals surface area contributed by atoms with Gasteiger partial charge in [-0.15, -0.1) is 11.3 Å². The van der Waals surface area contributed by atoms with Gasteiger partial charge in [0.25, 0.3) is 0 Å². The first-order chi connectivity index (χ1) is 10.1. The van der Waals surface area contributed by atoms with Gasteiger partial charge in [-0.25, -0.2) is 4.98 Å². The van der Waals surface area contributed by atoms with E-state index < -0.39 is 0 Å². The summed E-state index contributed by atoms with van der Waals surface area (Å²) in [6.07, 6.45) is 4.04. The fourth-order valence-electron chi connectivity index (χ4n) is 2.29. The lowest BCUT2D eigenvalue weighted by molar-refractivity contribution is -0.116. The molecule has 0 aliphatic rings. The molecule has 114 valence electrons. The summed E-state index contributed by atoms with van der Waals surface area (Å²) in [7, 11) is 0. The van der Waals surface area contributed by atoms with E-state index in [9.17, 15) is 4.79 Å². The van der Waals surface area contributed by atoms with E-state index in [1.807, 2.05) is 6.07 Å². The van der Waals surface area contributed by atoms with Gasteiger partial charge in [0.05, 0.1) is 9.72 Å². The number of hydrogen-bond donors (Lipinski definition) is 0. The number of carbonyl (C=O) groups is 1. The van der Waals surface area contributed by atoms with Gasteiger partial charge in [0.15, 0.2) is 0 Å². The maximum atomic E-state index is 11.5. The summed E-state index contributed by atoms with van der Waals surface area (Å²) in [5, 5.41) is 0.869. The monoisotopic (exact) mass is 325 g/mol. The van der Waals surface area contributed by atoms with Gasteiger partial charge in [-0.3, -0.25) is 4.79 Å². The van der Waals surface area contributed by atoms with E-state index in [1.54, 1.807) is 0 Å². The summed E-state index contributed by atoms with van der Waals surface area (Å²) < 4.78 is 2.75. The van der Waals surface area contributed by atoms with Crippen LogP contribution in [0.3, 0.4) is 0 Å². The van der Waals surface area contributed by atoms with Crippen molar-refractivity contribution in [2.75, 3.05) is 0 Å². The predicted molar refractivity (Wildman–Crippen MR) is 87.8 cm³/mol. The molecule has 0 bridgehead atoms. The summed E-state index contributed by atoms with van der Waals surface area (Å²) in [5.74, 6) is 0.792. The third-order valence-electron chi connectivity index (χ3n) is 3.19. The number of unbranched alkanes of at least 4 members (excludes halogenated alkanes) is 1. The van der Waals surface area contributed by atoms with Crippen LogP contribution in [0.5, 0.6) is 0 Å². The zero-order valence-corrected chi connectivity index (χ0v) is 14.2. The van der Waals surface area contributed by atoms with E-state index in [0.29, 0.717) is 9.82 Å². The number of carbonyl (C=O) groups excluding carboxylic acids is 1. The number of thiophene rings is 1. The van der Waals surface area contributed by atoms with Gasteiger partial charge in [-0.1, -0.05) is 31.9 Å². The number of amides is 1. The van der Waals surface area contributed by atoms with Gasteiger partial charge < -0.3 is 4.57 Å². The molecule has 0 saturated heterocycles. The van der Waals surface area contributed by atoms with Gasteiger partial charge in [0.2, 0.25) is 5.91 Å². The van der Waals surface area contributed by atoms with E-state index in [-0.39, 0.29) is 5.91 Å². The minimum atomic E-state index is -0.198. The van der Waals surface area contributed by atoms with E-state index in [2.05, 4.69) is 23.4 Å². The van der Waals surface area contributed by atoms with Gasteiger partial charge in [-0.05, 0) is 18.9 Å². The molecule has 2 aromatic rings. The van der Waals surface area contributed by atoms with Crippen LogP contribution in [0, 0.1) is 0 Å². The molecule has 21 heavy (non-hydrogen) atoms. The number of nitrogens with zero attached hydrogens (tertiary/aromatic N) is 3. The molecule has 0 aromatic carbocycles. The maximum absolute atomic E-state index is 11.5. The molecule has 2 rings (SSSR count). The lowest BCUT2D eigenvalue weighted by atomic mass is 10.2. The zero-order valence-electron chi connectivity index (χ0n) is 12.6. The maximum Gasteiger partial charge on any atom is 0.244 e. The topological polar surface area (TPSA) is 47.2 Å². The minimum Gasteiger partial charge on any atom is -0.314 e. The zero-order chi connectivity index (χ0) is 15.4. The third kappa shape index (κ3) is 3.71. The van der Waals surface area contributed by atoms with Crippen molar-refractivity contribution in [1.82, 2.24) is 9.55 Å². The van der Waals surface area contributed by atoms with Crippen LogP contribution in [-0.4, -0.2) is 15.5 Å². The van der Waals surface area contributed by atoms with E-state index in [4.69, 9.17) is 16.6 Å². The van der Waals surface area contributed by atoms with Crippen molar-refractivity contribution >= 4 is 39.1 Å². The lowest BCUT2D eigenvalue weighted by Crippen LogP contribution is -2.27. The van der Waals surface area contributed by atoms with Gasteiger partial charge >= 0.3 is 0 Å². The highest BCUT2D eigenvalue weighted by atomic mass is 35.5. The Morgan fingerprint density at radius 1 is 1.43 bits per heavy atom. The molecule has 0 fully saturated rings. The number of rotatable bonds is 5. The highest BCUT2D eigenvalue weighted by Gasteiger charge is 2.12. The SMILES string of the molecule is CCCCc1nc2sc(Cl)cc2/c(=N\C(C)=O)n1CCC. The standard InChI is InChI=1S/C15H20ClN3OS/c1-4-6-7-13-18-15-11(9-12(16)21-15)14(17-10(3)20)19(13)8-5-2/h9H,4-8H2,1-3H3/b17-14+. The van der Waals surface area contributed by atoms with Crippen molar-refractivity contribution in [2.24, 2.45) is 4.99 Å². The molecule has 0 aliphatic carbocycles. The first-order valence-electron chi connectivity index (χ1n) is 7.30. The Morgan fingerprint density at radius 2 is 2.19 bits per heavy atom. The van der Waals surface area contributed by atoms with Crippen LogP contribution in [0.1, 0.15) is 45.9 Å². The molecule has 2 aromatic heterocycles. The van der Waals surface area contributed by atoms with Crippen LogP contribution >= 0.6 is 22.9 Å². The Bertz CT molecular complexity index is 718. The molecule has 0 radical (unpaired) electrons. The van der Waals surface area contributed by atoms with E-state index in [1.165, 1.54) is 18.3 Å². The summed E-state index contributed by atoms with van der Waals surface area (Å²) in [4.78, 5) is 21.3. The van der Waals surface area contributed by atoms with E-state index in [0.717, 1.165) is 48.3 Å². The number of aromatic nitrogens is 2. The van der Waals surface area contributed by atoms with Crippen molar-refractivity contribution in [1.29, 1.82) is 0 Å². The Morgan fingerprint density at radius 3 is 2.81 bits per heavy atom. The van der Waals surface area contributed by atoms with Crippen LogP contribution in [0.2, 0.25) is 4.34 Å². The Labute approximate surface area is 133 Å². The lowest BCUT2D eigenvalue weighted by Gasteiger charge is -2.13. The van der Waals surface area contributed by atoms with Gasteiger partial charge in [-0.2, -0.15) is 4.99 Å². The summed E-state index contributed by atoms with van der Waals surface area (Å²) >= 11 is 7.56. The molecule has 2 heterocycles. The molecule has 0 unspecified atom stereocenters. The molecule has 0 saturated carbocycles. The normalized spacial score (nSPS) is 12.3. The van der Waals surface area contributed by atoms with Gasteiger partial charge in [0, 0.05) is 19.9 Å². The van der Waals surface area contributed by atoms with Crippen molar-refractivity contribution in [3.8, 4) is 0 Å². The van der Waals surface area contributed by atoms with Crippen LogP contribution < -0.4 is 5.49 Å². The molecule has 1 amide bonds. The predicted octanol–water partition coefficient (Wildman–Crippen LogP) is 3.95. The first-order valence-corrected chi connectivity index (χ1v) is 8.50. The molecular formula is C15H20ClN3OS. The van der Waals surface area contributed by atoms with Crippen LogP contribution in [-0.2, 0) is 17.8 Å². The summed E-state index contributed by atoms with van der Waals surface area (Å²) in [5.41, 5.74) is 0.698. The van der Waals surface area contributed by atoms with Gasteiger partial charge in [0.1, 0.15) is 16.1 Å². The average molecular weight is 326 g/mol. The first kappa shape index (κ1) is 16.2. The molecule has 6 heteroatoms. The van der Waals surface area contributed by atoms with Crippen molar-refractivity contribution < 1.29 is 4.79 Å². The number of hydrogen-bond acceptors (Lipinski definition) is 3. The number of fused-ring (bicyclic) bond motifs is 1. The Balaban J connectivity index is 2.76. The van der Waals surface area contributed by atoms with Crippen molar-refractivity contribution in [2.45, 2.75) is 53.0 Å². The fourth-order valence-corrected chi connectivity index (χ4v) is 3.40. The van der Waals surface area contributed by atoms with Crippen molar-refractivity contribution in [3.05, 3.63) is 21.7 Å². The smallest absolute Gasteiger partial charge is 0.244 e. The third-order valence-corrected chi connectivity index (χ3v) is 4.34. The fraction of sp³-hybridized carbons (Fsp3) is 0.533. The van der Waals surface area contributed by atoms with Crippen LogP contribution in [0.15, 0.2) is 11.1 Å². The molecular weight excluding hydrogens is 306 g/mol. The summed E-state index contributed by atoms with van der Waals surface area (Å²) in [6, 6.07) is 1.85. The quantitative estimate of drug-likeness (QED) is 0.835. The Kier molecular flexibility index (Phi) is 5.53.